The van der Waals surface area contributed by atoms with E-state index in [0.717, 1.165) is 50.7 Å². The van der Waals surface area contributed by atoms with E-state index in [-0.39, 0.29) is 5.41 Å². The summed E-state index contributed by atoms with van der Waals surface area (Å²) in [6.07, 6.45) is 2.82. The molecule has 1 aromatic heterocycles. The molecule has 0 amide bonds. The molecule has 0 aromatic carbocycles. The van der Waals surface area contributed by atoms with E-state index < -0.39 is 0 Å². The summed E-state index contributed by atoms with van der Waals surface area (Å²) in [5.74, 6) is 1.56. The molecule has 2 rings (SSSR count). The van der Waals surface area contributed by atoms with Gasteiger partial charge in [0.25, 0.3) is 0 Å². The van der Waals surface area contributed by atoms with Crippen molar-refractivity contribution in [2.24, 2.45) is 0 Å². The van der Waals surface area contributed by atoms with Gasteiger partial charge < -0.3 is 14.6 Å². The molecule has 1 fully saturated rings. The van der Waals surface area contributed by atoms with E-state index in [9.17, 15) is 0 Å². The molecular weight excluding hydrogens is 206 g/mol. The Balaban J connectivity index is 1.96. The number of hydrogen-bond acceptors (Lipinski definition) is 5. The van der Waals surface area contributed by atoms with Gasteiger partial charge in [-0.25, -0.2) is 0 Å². The number of methoxy groups -OCH3 is 1. The minimum Gasteiger partial charge on any atom is -0.385 e. The first-order chi connectivity index (χ1) is 7.74. The van der Waals surface area contributed by atoms with Crippen LogP contribution in [-0.2, 0) is 16.6 Å². The molecule has 16 heavy (non-hydrogen) atoms. The highest BCUT2D eigenvalue weighted by Crippen LogP contribution is 2.28. The summed E-state index contributed by atoms with van der Waals surface area (Å²) in [6, 6.07) is 0. The fraction of sp³-hybridized carbons (Fsp3) is 0.818. The first-order valence-electron chi connectivity index (χ1n) is 5.77. The van der Waals surface area contributed by atoms with Crippen molar-refractivity contribution < 1.29 is 9.26 Å². The number of ether oxygens (including phenoxy) is 1. The Labute approximate surface area is 95.6 Å². The van der Waals surface area contributed by atoms with Gasteiger partial charge in [0.2, 0.25) is 5.89 Å². The molecule has 1 aromatic rings. The maximum absolute atomic E-state index is 5.34. The van der Waals surface area contributed by atoms with Crippen molar-refractivity contribution in [3.8, 4) is 0 Å². The van der Waals surface area contributed by atoms with Crippen molar-refractivity contribution in [1.82, 2.24) is 15.5 Å². The van der Waals surface area contributed by atoms with Gasteiger partial charge in [-0.15, -0.1) is 0 Å². The van der Waals surface area contributed by atoms with Crippen LogP contribution in [0.25, 0.3) is 0 Å². The summed E-state index contributed by atoms with van der Waals surface area (Å²) in [4.78, 5) is 4.46. The lowest BCUT2D eigenvalue weighted by molar-refractivity contribution is 0.194. The van der Waals surface area contributed by atoms with E-state index in [1.165, 1.54) is 0 Å². The van der Waals surface area contributed by atoms with Gasteiger partial charge in [0.05, 0.1) is 5.41 Å². The van der Waals surface area contributed by atoms with Gasteiger partial charge in [-0.3, -0.25) is 0 Å². The Kier molecular flexibility index (Phi) is 3.56. The van der Waals surface area contributed by atoms with E-state index in [0.29, 0.717) is 0 Å². The zero-order chi connectivity index (χ0) is 11.4. The Bertz CT molecular complexity index is 332. The third-order valence-corrected chi connectivity index (χ3v) is 3.10. The summed E-state index contributed by atoms with van der Waals surface area (Å²) in [7, 11) is 1.70. The minimum absolute atomic E-state index is 0.0203. The molecule has 0 bridgehead atoms. The Morgan fingerprint density at radius 2 is 2.44 bits per heavy atom. The molecule has 1 N–H and O–H groups in total. The molecule has 1 aliphatic rings. The summed E-state index contributed by atoms with van der Waals surface area (Å²) in [6.45, 7) is 4.85. The fourth-order valence-electron chi connectivity index (χ4n) is 1.97. The van der Waals surface area contributed by atoms with Crippen molar-refractivity contribution in [3.63, 3.8) is 0 Å². The number of aryl methyl sites for hydroxylation is 1. The van der Waals surface area contributed by atoms with Crippen LogP contribution in [0, 0.1) is 0 Å². The number of nitrogens with one attached hydrogen (secondary N) is 1. The highest BCUT2D eigenvalue weighted by molar-refractivity contribution is 5.07. The molecule has 1 unspecified atom stereocenters. The molecule has 5 nitrogen and oxygen atoms in total. The summed E-state index contributed by atoms with van der Waals surface area (Å²) >= 11 is 0. The number of nitrogens with zero attached hydrogens (tertiary/aromatic N) is 2. The topological polar surface area (TPSA) is 60.2 Å². The Hall–Kier alpha value is -0.940. The average molecular weight is 225 g/mol. The minimum atomic E-state index is 0.0203. The lowest BCUT2D eigenvalue weighted by Gasteiger charge is -2.15. The molecule has 90 valence electrons. The van der Waals surface area contributed by atoms with Crippen molar-refractivity contribution >= 4 is 0 Å². The largest absolute Gasteiger partial charge is 0.385 e. The number of aromatic nitrogens is 2. The smallest absolute Gasteiger partial charge is 0.233 e. The summed E-state index contributed by atoms with van der Waals surface area (Å²) < 4.78 is 10.3. The first-order valence-corrected chi connectivity index (χ1v) is 5.77. The van der Waals surface area contributed by atoms with Crippen molar-refractivity contribution in [3.05, 3.63) is 11.7 Å². The second-order valence-electron chi connectivity index (χ2n) is 4.60. The predicted molar refractivity (Wildman–Crippen MR) is 59.3 cm³/mol. The second kappa shape index (κ2) is 4.93. The lowest BCUT2D eigenvalue weighted by atomic mass is 9.90. The van der Waals surface area contributed by atoms with Gasteiger partial charge >= 0.3 is 0 Å². The van der Waals surface area contributed by atoms with E-state index in [4.69, 9.17) is 9.26 Å². The molecular formula is C11H19N3O2. The molecule has 1 saturated heterocycles. The van der Waals surface area contributed by atoms with Crippen LogP contribution in [0.3, 0.4) is 0 Å². The standard InChI is InChI=1S/C11H19N3O2/c1-11(5-6-12-8-11)10-13-9(14-16-10)4-3-7-15-2/h12H,3-8H2,1-2H3. The average Bonchev–Trinajstić information content (AvgIpc) is 2.88. The zero-order valence-corrected chi connectivity index (χ0v) is 9.95. The van der Waals surface area contributed by atoms with Crippen molar-refractivity contribution in [2.75, 3.05) is 26.8 Å². The lowest BCUT2D eigenvalue weighted by Crippen LogP contribution is -2.25. The molecule has 2 heterocycles. The second-order valence-corrected chi connectivity index (χ2v) is 4.60. The molecule has 0 spiro atoms. The molecule has 0 aliphatic carbocycles. The molecule has 1 aliphatic heterocycles. The molecule has 1 atom stereocenters. The summed E-state index contributed by atoms with van der Waals surface area (Å²) in [5.41, 5.74) is 0.0203. The maximum atomic E-state index is 5.34. The van der Waals surface area contributed by atoms with Gasteiger partial charge in [-0.05, 0) is 26.3 Å². The molecule has 0 radical (unpaired) electrons. The van der Waals surface area contributed by atoms with Crippen molar-refractivity contribution in [2.45, 2.75) is 31.6 Å². The van der Waals surface area contributed by atoms with E-state index >= 15 is 0 Å². The fourth-order valence-corrected chi connectivity index (χ4v) is 1.97. The summed E-state index contributed by atoms with van der Waals surface area (Å²) in [5, 5.41) is 7.33. The maximum Gasteiger partial charge on any atom is 0.233 e. The van der Waals surface area contributed by atoms with Crippen LogP contribution in [0.5, 0.6) is 0 Å². The third kappa shape index (κ3) is 2.41. The number of hydrogen-bond donors (Lipinski definition) is 1. The van der Waals surface area contributed by atoms with Crippen LogP contribution in [-0.4, -0.2) is 36.9 Å². The van der Waals surface area contributed by atoms with Crippen LogP contribution in [0.2, 0.25) is 0 Å². The number of rotatable bonds is 5. The normalized spacial score (nSPS) is 25.1. The first kappa shape index (κ1) is 11.5. The highest BCUT2D eigenvalue weighted by atomic mass is 16.5. The Morgan fingerprint density at radius 1 is 1.56 bits per heavy atom. The van der Waals surface area contributed by atoms with Crippen LogP contribution in [0.15, 0.2) is 4.52 Å². The monoisotopic (exact) mass is 225 g/mol. The van der Waals surface area contributed by atoms with Crippen LogP contribution < -0.4 is 5.32 Å². The SMILES string of the molecule is COCCCc1noc(C2(C)CCNC2)n1. The highest BCUT2D eigenvalue weighted by Gasteiger charge is 2.35. The Morgan fingerprint density at radius 3 is 3.12 bits per heavy atom. The zero-order valence-electron chi connectivity index (χ0n) is 9.95. The van der Waals surface area contributed by atoms with Gasteiger partial charge in [0.1, 0.15) is 0 Å². The molecule has 0 saturated carbocycles. The van der Waals surface area contributed by atoms with Crippen LogP contribution in [0.4, 0.5) is 0 Å². The quantitative estimate of drug-likeness (QED) is 0.754. The van der Waals surface area contributed by atoms with Gasteiger partial charge in [0.15, 0.2) is 5.82 Å². The van der Waals surface area contributed by atoms with Gasteiger partial charge in [0, 0.05) is 26.7 Å². The van der Waals surface area contributed by atoms with Gasteiger partial charge in [-0.2, -0.15) is 4.98 Å². The van der Waals surface area contributed by atoms with Gasteiger partial charge in [-0.1, -0.05) is 5.16 Å². The predicted octanol–water partition coefficient (Wildman–Crippen LogP) is 0.900. The van der Waals surface area contributed by atoms with Crippen molar-refractivity contribution in [1.29, 1.82) is 0 Å². The van der Waals surface area contributed by atoms with E-state index in [1.807, 2.05) is 0 Å². The van der Waals surface area contributed by atoms with E-state index in [2.05, 4.69) is 22.4 Å². The van der Waals surface area contributed by atoms with E-state index in [1.54, 1.807) is 7.11 Å². The van der Waals surface area contributed by atoms with Crippen LogP contribution in [0.1, 0.15) is 31.5 Å². The third-order valence-electron chi connectivity index (χ3n) is 3.10. The molecule has 5 heteroatoms. The van der Waals surface area contributed by atoms with Crippen LogP contribution >= 0.6 is 0 Å².